The van der Waals surface area contributed by atoms with Gasteiger partial charge in [0.2, 0.25) is 5.91 Å². The Bertz CT molecular complexity index is 610. The Kier molecular flexibility index (Phi) is 4.79. The van der Waals surface area contributed by atoms with Gasteiger partial charge in [-0.25, -0.2) is 4.39 Å². The van der Waals surface area contributed by atoms with Gasteiger partial charge in [0.15, 0.2) is 0 Å². The van der Waals surface area contributed by atoms with E-state index in [2.05, 4.69) is 11.4 Å². The summed E-state index contributed by atoms with van der Waals surface area (Å²) in [6.07, 6.45) is 0. The lowest BCUT2D eigenvalue weighted by Crippen LogP contribution is -2.14. The van der Waals surface area contributed by atoms with Crippen LogP contribution < -0.4 is 5.32 Å². The average molecular weight is 289 g/mol. The number of nitrogens with one attached hydrogen (secondary N) is 1. The first-order valence-electron chi connectivity index (χ1n) is 6.30. The molecular weight excluding hydrogens is 273 g/mol. The molecule has 0 aliphatic carbocycles. The predicted octanol–water partition coefficient (Wildman–Crippen LogP) is 4.17. The number of rotatable bonds is 4. The zero-order valence-corrected chi connectivity index (χ0v) is 12.3. The topological polar surface area (TPSA) is 29.1 Å². The smallest absolute Gasteiger partial charge is 0.234 e. The second-order valence-electron chi connectivity index (χ2n) is 4.61. The van der Waals surface area contributed by atoms with Crippen LogP contribution in [0.5, 0.6) is 0 Å². The Morgan fingerprint density at radius 1 is 1.15 bits per heavy atom. The van der Waals surface area contributed by atoms with Crippen LogP contribution in [-0.4, -0.2) is 11.7 Å². The summed E-state index contributed by atoms with van der Waals surface area (Å²) in [7, 11) is 0. The summed E-state index contributed by atoms with van der Waals surface area (Å²) < 4.78 is 12.8. The molecule has 2 aromatic rings. The third-order valence-electron chi connectivity index (χ3n) is 2.82. The summed E-state index contributed by atoms with van der Waals surface area (Å²) in [6, 6.07) is 11.9. The molecule has 1 N–H and O–H groups in total. The minimum Gasteiger partial charge on any atom is -0.325 e. The molecule has 0 saturated carbocycles. The molecule has 0 spiro atoms. The lowest BCUT2D eigenvalue weighted by molar-refractivity contribution is -0.113. The van der Waals surface area contributed by atoms with E-state index in [4.69, 9.17) is 0 Å². The Labute approximate surface area is 122 Å². The van der Waals surface area contributed by atoms with E-state index in [1.807, 2.05) is 26.0 Å². The van der Waals surface area contributed by atoms with E-state index >= 15 is 0 Å². The highest BCUT2D eigenvalue weighted by atomic mass is 32.2. The van der Waals surface area contributed by atoms with Gasteiger partial charge in [0.05, 0.1) is 5.75 Å². The number of carbonyl (C=O) groups excluding carboxylic acids is 1. The number of halogens is 1. The number of aryl methyl sites for hydroxylation is 2. The van der Waals surface area contributed by atoms with E-state index in [-0.39, 0.29) is 11.7 Å². The van der Waals surface area contributed by atoms with Gasteiger partial charge in [-0.3, -0.25) is 4.79 Å². The highest BCUT2D eigenvalue weighted by Gasteiger charge is 2.05. The Morgan fingerprint density at radius 2 is 1.85 bits per heavy atom. The number of benzene rings is 2. The molecule has 0 fully saturated rings. The molecule has 0 bridgehead atoms. The molecule has 0 heterocycles. The molecule has 20 heavy (non-hydrogen) atoms. The van der Waals surface area contributed by atoms with E-state index in [9.17, 15) is 9.18 Å². The minimum atomic E-state index is -0.312. The first-order chi connectivity index (χ1) is 9.54. The fourth-order valence-electron chi connectivity index (χ4n) is 1.83. The number of hydrogen-bond acceptors (Lipinski definition) is 2. The van der Waals surface area contributed by atoms with Gasteiger partial charge < -0.3 is 5.32 Å². The first kappa shape index (κ1) is 14.6. The third kappa shape index (κ3) is 4.10. The molecule has 2 rings (SSSR count). The standard InChI is InChI=1S/C16H16FNOS/c1-11-3-8-15(12(2)9-11)20-10-16(19)18-14-6-4-13(17)5-7-14/h3-9H,10H2,1-2H3,(H,18,19). The highest BCUT2D eigenvalue weighted by molar-refractivity contribution is 8.00. The molecule has 4 heteroatoms. The van der Waals surface area contributed by atoms with Gasteiger partial charge in [0.25, 0.3) is 0 Å². The molecular formula is C16H16FNOS. The van der Waals surface area contributed by atoms with E-state index in [0.29, 0.717) is 11.4 Å². The number of amides is 1. The van der Waals surface area contributed by atoms with Gasteiger partial charge in [-0.2, -0.15) is 0 Å². The average Bonchev–Trinajstić information content (AvgIpc) is 2.40. The Balaban J connectivity index is 1.90. The minimum absolute atomic E-state index is 0.0958. The molecule has 104 valence electrons. The maximum absolute atomic E-state index is 12.8. The fourth-order valence-corrected chi connectivity index (χ4v) is 2.64. The first-order valence-corrected chi connectivity index (χ1v) is 7.28. The fraction of sp³-hybridized carbons (Fsp3) is 0.188. The second-order valence-corrected chi connectivity index (χ2v) is 5.63. The molecule has 0 radical (unpaired) electrons. The summed E-state index contributed by atoms with van der Waals surface area (Å²) in [5.74, 6) is -0.0735. The van der Waals surface area contributed by atoms with Gasteiger partial charge >= 0.3 is 0 Å². The van der Waals surface area contributed by atoms with Crippen molar-refractivity contribution in [1.82, 2.24) is 0 Å². The van der Waals surface area contributed by atoms with Crippen LogP contribution in [0.4, 0.5) is 10.1 Å². The van der Waals surface area contributed by atoms with Crippen LogP contribution in [0.15, 0.2) is 47.4 Å². The second kappa shape index (κ2) is 6.57. The summed E-state index contributed by atoms with van der Waals surface area (Å²) in [5, 5.41) is 2.74. The van der Waals surface area contributed by atoms with Crippen LogP contribution in [0.3, 0.4) is 0 Å². The molecule has 1 amide bonds. The van der Waals surface area contributed by atoms with E-state index in [1.165, 1.54) is 35.0 Å². The largest absolute Gasteiger partial charge is 0.325 e. The van der Waals surface area contributed by atoms with Crippen molar-refractivity contribution in [3.63, 3.8) is 0 Å². The number of hydrogen-bond donors (Lipinski definition) is 1. The van der Waals surface area contributed by atoms with Crippen LogP contribution in [-0.2, 0) is 4.79 Å². The van der Waals surface area contributed by atoms with E-state index in [1.54, 1.807) is 12.1 Å². The normalized spacial score (nSPS) is 10.3. The molecule has 0 aliphatic rings. The molecule has 2 aromatic carbocycles. The van der Waals surface area contributed by atoms with Crippen LogP contribution in [0, 0.1) is 19.7 Å². The van der Waals surface area contributed by atoms with Crippen LogP contribution in [0.25, 0.3) is 0 Å². The van der Waals surface area contributed by atoms with E-state index in [0.717, 1.165) is 4.90 Å². The zero-order valence-electron chi connectivity index (χ0n) is 11.4. The van der Waals surface area contributed by atoms with Gasteiger partial charge in [0.1, 0.15) is 5.82 Å². The summed E-state index contributed by atoms with van der Waals surface area (Å²) >= 11 is 1.50. The molecule has 0 saturated heterocycles. The third-order valence-corrected chi connectivity index (χ3v) is 3.99. The molecule has 0 atom stereocenters. The predicted molar refractivity (Wildman–Crippen MR) is 81.7 cm³/mol. The van der Waals surface area contributed by atoms with Crippen LogP contribution in [0.2, 0.25) is 0 Å². The monoisotopic (exact) mass is 289 g/mol. The Hall–Kier alpha value is -1.81. The van der Waals surface area contributed by atoms with Gasteiger partial charge in [-0.05, 0) is 49.7 Å². The SMILES string of the molecule is Cc1ccc(SCC(=O)Nc2ccc(F)cc2)c(C)c1. The van der Waals surface area contributed by atoms with Crippen molar-refractivity contribution in [2.24, 2.45) is 0 Å². The molecule has 0 aromatic heterocycles. The van der Waals surface area contributed by atoms with Crippen molar-refractivity contribution in [3.8, 4) is 0 Å². The number of anilines is 1. The van der Waals surface area contributed by atoms with Gasteiger partial charge in [0, 0.05) is 10.6 Å². The van der Waals surface area contributed by atoms with Crippen molar-refractivity contribution in [1.29, 1.82) is 0 Å². The number of carbonyl (C=O) groups is 1. The molecule has 2 nitrogen and oxygen atoms in total. The van der Waals surface area contributed by atoms with Gasteiger partial charge in [-0.15, -0.1) is 11.8 Å². The highest BCUT2D eigenvalue weighted by Crippen LogP contribution is 2.23. The Morgan fingerprint density at radius 3 is 2.50 bits per heavy atom. The zero-order chi connectivity index (χ0) is 14.5. The maximum Gasteiger partial charge on any atom is 0.234 e. The van der Waals surface area contributed by atoms with Crippen molar-refractivity contribution < 1.29 is 9.18 Å². The van der Waals surface area contributed by atoms with Crippen LogP contribution in [0.1, 0.15) is 11.1 Å². The molecule has 0 aliphatic heterocycles. The van der Waals surface area contributed by atoms with Gasteiger partial charge in [-0.1, -0.05) is 17.7 Å². The van der Waals surface area contributed by atoms with Crippen molar-refractivity contribution in [2.45, 2.75) is 18.7 Å². The summed E-state index contributed by atoms with van der Waals surface area (Å²) in [5.41, 5.74) is 2.99. The number of thioether (sulfide) groups is 1. The molecule has 0 unspecified atom stereocenters. The van der Waals surface area contributed by atoms with Crippen LogP contribution >= 0.6 is 11.8 Å². The lowest BCUT2D eigenvalue weighted by Gasteiger charge is -2.07. The maximum atomic E-state index is 12.8. The quantitative estimate of drug-likeness (QED) is 0.856. The van der Waals surface area contributed by atoms with Crippen molar-refractivity contribution >= 4 is 23.4 Å². The lowest BCUT2D eigenvalue weighted by atomic mass is 10.2. The summed E-state index contributed by atoms with van der Waals surface area (Å²) in [4.78, 5) is 12.9. The van der Waals surface area contributed by atoms with Crippen molar-refractivity contribution in [2.75, 3.05) is 11.1 Å². The van der Waals surface area contributed by atoms with Crippen molar-refractivity contribution in [3.05, 3.63) is 59.4 Å². The summed E-state index contributed by atoms with van der Waals surface area (Å²) in [6.45, 7) is 4.08. The van der Waals surface area contributed by atoms with E-state index < -0.39 is 0 Å².